The summed E-state index contributed by atoms with van der Waals surface area (Å²) in [6, 6.07) is 24.7. The Morgan fingerprint density at radius 3 is 1.68 bits per heavy atom. The molecule has 4 heteroatoms. The Kier molecular flexibility index (Phi) is 26.3. The van der Waals surface area contributed by atoms with Gasteiger partial charge in [-0.2, -0.15) is 49.9 Å². The molecule has 3 aromatic rings. The minimum Gasteiger partial charge on any atom is -0.857 e. The van der Waals surface area contributed by atoms with Crippen LogP contribution in [0.2, 0.25) is 13.1 Å². The van der Waals surface area contributed by atoms with E-state index in [2.05, 4.69) is 55.6 Å². The Labute approximate surface area is 152 Å². The van der Waals surface area contributed by atoms with E-state index in [1.807, 2.05) is 30.3 Å². The van der Waals surface area contributed by atoms with Crippen molar-refractivity contribution in [2.75, 3.05) is 14.2 Å². The maximum absolute atomic E-state index is 8.25. The number of hydrogen-bond donors (Lipinski definition) is 0. The van der Waals surface area contributed by atoms with Crippen LogP contribution in [0, 0.1) is 0 Å². The number of hydrogen-bond acceptors (Lipinski definition) is 2. The first-order valence-electron chi connectivity index (χ1n) is 6.71. The molecule has 22 heavy (non-hydrogen) atoms. The molecule has 3 aromatic carbocycles. The van der Waals surface area contributed by atoms with Gasteiger partial charge < -0.3 is 10.2 Å². The summed E-state index contributed by atoms with van der Waals surface area (Å²) in [4.78, 5) is 0. The van der Waals surface area contributed by atoms with Gasteiger partial charge in [-0.1, -0.05) is 19.2 Å². The molecule has 0 bridgehead atoms. The Bertz CT molecular complexity index is 445. The smallest absolute Gasteiger partial charge is 0.857 e. The molecule has 0 atom stereocenters. The van der Waals surface area contributed by atoms with Gasteiger partial charge in [-0.15, -0.1) is 29.7 Å². The number of rotatable bonds is 0. The normalized spacial score (nSPS) is 7.36. The molecule has 0 heterocycles. The van der Waals surface area contributed by atoms with Crippen molar-refractivity contribution in [2.45, 2.75) is 13.1 Å². The molecule has 1 radical (unpaired) electrons. The number of benzene rings is 1. The molecule has 0 aromatic heterocycles. The van der Waals surface area contributed by atoms with Gasteiger partial charge in [0.15, 0.2) is 0 Å². The molecule has 0 aliphatic rings. The molecule has 0 N–H and O–H groups in total. The summed E-state index contributed by atoms with van der Waals surface area (Å²) in [5, 5.41) is 19.2. The third-order valence-electron chi connectivity index (χ3n) is 2.10. The van der Waals surface area contributed by atoms with Crippen molar-refractivity contribution in [1.29, 1.82) is 0 Å². The van der Waals surface area contributed by atoms with Crippen LogP contribution in [-0.2, 0) is 21.7 Å². The van der Waals surface area contributed by atoms with Gasteiger partial charge in [-0.05, 0) is 0 Å². The van der Waals surface area contributed by atoms with Gasteiger partial charge in [0.1, 0.15) is 0 Å². The fourth-order valence-corrected chi connectivity index (χ4v) is 1.39. The van der Waals surface area contributed by atoms with Gasteiger partial charge in [0, 0.05) is 9.52 Å². The fraction of sp³-hybridized carbons (Fsp3) is 0.222. The second-order valence-electron chi connectivity index (χ2n) is 3.69. The van der Waals surface area contributed by atoms with E-state index in [-0.39, 0.29) is 21.7 Å². The van der Waals surface area contributed by atoms with Crippen molar-refractivity contribution in [3.63, 3.8) is 0 Å². The zero-order valence-corrected chi connectivity index (χ0v) is 16.5. The monoisotopic (exact) mass is 349 g/mol. The Hall–Kier alpha value is -0.969. The van der Waals surface area contributed by atoms with Gasteiger partial charge in [0.25, 0.3) is 0 Å². The van der Waals surface area contributed by atoms with Crippen LogP contribution in [0.3, 0.4) is 0 Å². The van der Waals surface area contributed by atoms with E-state index in [9.17, 15) is 0 Å². The SMILES string of the molecule is C[O-].C[O-].C[SiH]C.[Ti+4].c1cc[cH-]c1.c1ccc2[cH-]ccc2c1. The van der Waals surface area contributed by atoms with Crippen LogP contribution in [0.1, 0.15) is 0 Å². The second kappa shape index (κ2) is 22.3. The fourth-order valence-electron chi connectivity index (χ4n) is 1.39. The summed E-state index contributed by atoms with van der Waals surface area (Å²) in [6.45, 7) is 4.42. The first-order valence-corrected chi connectivity index (χ1v) is 9.02. The molecular weight excluding hydrogens is 324 g/mol. The topological polar surface area (TPSA) is 46.1 Å². The van der Waals surface area contributed by atoms with Gasteiger partial charge in [0.2, 0.25) is 0 Å². The predicted octanol–water partition coefficient (Wildman–Crippen LogP) is 2.43. The Balaban J connectivity index is -0.000000241. The van der Waals surface area contributed by atoms with E-state index in [4.69, 9.17) is 10.2 Å². The van der Waals surface area contributed by atoms with Crippen LogP contribution in [0.4, 0.5) is 0 Å². The van der Waals surface area contributed by atoms with Crippen molar-refractivity contribution < 1.29 is 31.9 Å². The zero-order valence-electron chi connectivity index (χ0n) is 13.8. The van der Waals surface area contributed by atoms with Crippen molar-refractivity contribution in [2.24, 2.45) is 0 Å². The molecule has 0 saturated heterocycles. The van der Waals surface area contributed by atoms with Crippen LogP contribution in [0.5, 0.6) is 0 Å². The first-order chi connectivity index (χ1) is 10.4. The van der Waals surface area contributed by atoms with Crippen molar-refractivity contribution in [1.82, 2.24) is 0 Å². The molecule has 0 amide bonds. The third-order valence-corrected chi connectivity index (χ3v) is 2.10. The van der Waals surface area contributed by atoms with Gasteiger partial charge in [-0.25, -0.2) is 12.1 Å². The van der Waals surface area contributed by atoms with Crippen molar-refractivity contribution >= 4 is 20.3 Å². The summed E-state index contributed by atoms with van der Waals surface area (Å²) in [5.74, 6) is 0. The summed E-state index contributed by atoms with van der Waals surface area (Å²) in [5.41, 5.74) is 0. The standard InChI is InChI=1S/C9H7.C5H5.C2H7Si.2CH3O.Ti/c1-2-5-9-7-3-6-8(9)4-1;1-2-4-5-3-1;1-3-2;2*1-2;/h1-7H;1-5H;3H,1-2H3;2*1H3;/q2*-1;;2*-1;+4. The summed E-state index contributed by atoms with van der Waals surface area (Å²) >= 11 is 0. The number of fused-ring (bicyclic) bond motifs is 1. The minimum atomic E-state index is 0. The molecular formula is C18H25O2SiTi. The van der Waals surface area contributed by atoms with Crippen LogP contribution < -0.4 is 10.2 Å². The quantitative estimate of drug-likeness (QED) is 0.462. The second-order valence-corrected chi connectivity index (χ2v) is 4.85. The first kappa shape index (κ1) is 26.0. The Morgan fingerprint density at radius 2 is 1.27 bits per heavy atom. The minimum absolute atomic E-state index is 0. The van der Waals surface area contributed by atoms with Gasteiger partial charge in [0.05, 0.1) is 0 Å². The van der Waals surface area contributed by atoms with Gasteiger partial charge >= 0.3 is 21.7 Å². The van der Waals surface area contributed by atoms with E-state index in [1.165, 1.54) is 10.8 Å². The molecule has 2 nitrogen and oxygen atoms in total. The third kappa shape index (κ3) is 14.0. The van der Waals surface area contributed by atoms with Crippen molar-refractivity contribution in [3.05, 3.63) is 72.8 Å². The van der Waals surface area contributed by atoms with Crippen molar-refractivity contribution in [3.8, 4) is 0 Å². The van der Waals surface area contributed by atoms with Gasteiger partial charge in [-0.3, -0.25) is 0 Å². The van der Waals surface area contributed by atoms with E-state index < -0.39 is 0 Å². The maximum atomic E-state index is 8.25. The predicted molar refractivity (Wildman–Crippen MR) is 92.3 cm³/mol. The molecule has 0 fully saturated rings. The Morgan fingerprint density at radius 1 is 0.773 bits per heavy atom. The summed E-state index contributed by atoms with van der Waals surface area (Å²) in [6.07, 6.45) is 0. The average Bonchev–Trinajstić information content (AvgIpc) is 3.26. The molecule has 0 aliphatic heterocycles. The van der Waals surface area contributed by atoms with E-state index in [0.717, 1.165) is 23.7 Å². The maximum Gasteiger partial charge on any atom is 4.00 e. The van der Waals surface area contributed by atoms with E-state index in [0.29, 0.717) is 0 Å². The van der Waals surface area contributed by atoms with Crippen LogP contribution >= 0.6 is 0 Å². The largest absolute Gasteiger partial charge is 4.00 e. The van der Waals surface area contributed by atoms with E-state index in [1.54, 1.807) is 0 Å². The van der Waals surface area contributed by atoms with Crippen LogP contribution in [0.15, 0.2) is 72.8 Å². The summed E-state index contributed by atoms with van der Waals surface area (Å²) < 4.78 is 0. The van der Waals surface area contributed by atoms with Crippen LogP contribution in [-0.4, -0.2) is 23.7 Å². The molecule has 0 saturated carbocycles. The molecule has 0 spiro atoms. The zero-order chi connectivity index (χ0) is 16.3. The summed E-state index contributed by atoms with van der Waals surface area (Å²) in [7, 11) is 2.25. The molecule has 117 valence electrons. The van der Waals surface area contributed by atoms with E-state index >= 15 is 0 Å². The van der Waals surface area contributed by atoms with Crippen LogP contribution in [0.25, 0.3) is 10.8 Å². The molecule has 3 rings (SSSR count). The average molecular weight is 349 g/mol. The molecule has 0 aliphatic carbocycles. The molecule has 0 unspecified atom stereocenters.